The van der Waals surface area contributed by atoms with Crippen LogP contribution in [0.15, 0.2) is 64.8 Å². The summed E-state index contributed by atoms with van der Waals surface area (Å²) in [4.78, 5) is 25.7. The van der Waals surface area contributed by atoms with Crippen LogP contribution in [-0.4, -0.2) is 18.9 Å². The lowest BCUT2D eigenvalue weighted by molar-refractivity contribution is 0.0733. The van der Waals surface area contributed by atoms with Crippen molar-refractivity contribution in [1.82, 2.24) is 0 Å². The van der Waals surface area contributed by atoms with Gasteiger partial charge in [0.25, 0.3) is 0 Å². The van der Waals surface area contributed by atoms with Crippen molar-refractivity contribution in [3.05, 3.63) is 92.6 Å². The van der Waals surface area contributed by atoms with Crippen molar-refractivity contribution in [3.63, 3.8) is 0 Å². The predicted molar refractivity (Wildman–Crippen MR) is 135 cm³/mol. The van der Waals surface area contributed by atoms with Crippen LogP contribution in [0.25, 0.3) is 6.08 Å². The average molecular weight is 521 g/mol. The summed E-state index contributed by atoms with van der Waals surface area (Å²) >= 11 is 3.44. The number of carbonyl (C=O) groups is 2. The number of rotatable bonds is 4. The third kappa shape index (κ3) is 4.64. The number of esters is 1. The number of fused-ring (bicyclic) bond motifs is 1. The van der Waals surface area contributed by atoms with Gasteiger partial charge in [-0.25, -0.2) is 4.79 Å². The van der Waals surface area contributed by atoms with Crippen molar-refractivity contribution < 1.29 is 23.8 Å². The number of methoxy groups -OCH3 is 1. The molecule has 0 saturated heterocycles. The molecule has 3 aromatic rings. The molecule has 0 radical (unpaired) electrons. The molecule has 5 nitrogen and oxygen atoms in total. The summed E-state index contributed by atoms with van der Waals surface area (Å²) in [5.41, 5.74) is 3.28. The molecule has 0 saturated carbocycles. The van der Waals surface area contributed by atoms with Gasteiger partial charge in [0.05, 0.1) is 18.2 Å². The summed E-state index contributed by atoms with van der Waals surface area (Å²) in [6.45, 7) is 8.11. The van der Waals surface area contributed by atoms with Crippen molar-refractivity contribution >= 4 is 33.8 Å². The van der Waals surface area contributed by atoms with Gasteiger partial charge in [-0.05, 0) is 66.4 Å². The van der Waals surface area contributed by atoms with E-state index < -0.39 is 5.97 Å². The van der Waals surface area contributed by atoms with Crippen molar-refractivity contribution in [2.24, 2.45) is 0 Å². The summed E-state index contributed by atoms with van der Waals surface area (Å²) in [6, 6.07) is 16.1. The fraction of sp³-hybridized carbons (Fsp3) is 0.214. The second-order valence-corrected chi connectivity index (χ2v) is 10.0. The lowest BCUT2D eigenvalue weighted by atomic mass is 9.87. The summed E-state index contributed by atoms with van der Waals surface area (Å²) in [5.74, 6) is 0.817. The number of hydrogen-bond acceptors (Lipinski definition) is 5. The highest BCUT2D eigenvalue weighted by molar-refractivity contribution is 9.10. The van der Waals surface area contributed by atoms with Crippen LogP contribution in [0.2, 0.25) is 0 Å². The number of Topliss-reactive ketones (excluding diaryl/α,β-unsaturated/α-hetero) is 1. The molecule has 0 atom stereocenters. The molecule has 4 rings (SSSR count). The Morgan fingerprint density at radius 3 is 2.32 bits per heavy atom. The zero-order valence-corrected chi connectivity index (χ0v) is 21.3. The number of carbonyl (C=O) groups excluding carboxylic acids is 2. The van der Waals surface area contributed by atoms with E-state index in [0.717, 1.165) is 10.0 Å². The van der Waals surface area contributed by atoms with Crippen molar-refractivity contribution in [3.8, 4) is 17.2 Å². The van der Waals surface area contributed by atoms with Crippen LogP contribution in [0.4, 0.5) is 0 Å². The largest absolute Gasteiger partial charge is 0.496 e. The van der Waals surface area contributed by atoms with Crippen molar-refractivity contribution in [2.45, 2.75) is 33.1 Å². The van der Waals surface area contributed by atoms with E-state index in [9.17, 15) is 9.59 Å². The monoisotopic (exact) mass is 520 g/mol. The highest BCUT2D eigenvalue weighted by Crippen LogP contribution is 2.40. The first-order valence-electron chi connectivity index (χ1n) is 10.8. The molecule has 1 aliphatic heterocycles. The molecule has 0 bridgehead atoms. The van der Waals surface area contributed by atoms with Crippen molar-refractivity contribution in [1.29, 1.82) is 0 Å². The summed E-state index contributed by atoms with van der Waals surface area (Å²) in [5, 5.41) is 0. The van der Waals surface area contributed by atoms with Crippen molar-refractivity contribution in [2.75, 3.05) is 7.11 Å². The lowest BCUT2D eigenvalue weighted by Crippen LogP contribution is -2.13. The first-order chi connectivity index (χ1) is 16.1. The first kappa shape index (κ1) is 23.8. The Kier molecular flexibility index (Phi) is 6.36. The lowest BCUT2D eigenvalue weighted by Gasteiger charge is -2.19. The van der Waals surface area contributed by atoms with Crippen LogP contribution in [0.1, 0.15) is 58.2 Å². The number of benzene rings is 3. The number of hydrogen-bond donors (Lipinski definition) is 0. The van der Waals surface area contributed by atoms with Gasteiger partial charge < -0.3 is 14.2 Å². The zero-order valence-electron chi connectivity index (χ0n) is 19.7. The van der Waals surface area contributed by atoms with Crippen LogP contribution in [-0.2, 0) is 5.41 Å². The van der Waals surface area contributed by atoms with Gasteiger partial charge in [0, 0.05) is 15.6 Å². The number of halogens is 1. The highest BCUT2D eigenvalue weighted by Gasteiger charge is 2.31. The van der Waals surface area contributed by atoms with Gasteiger partial charge in [0.2, 0.25) is 5.78 Å². The Labute approximate surface area is 207 Å². The quantitative estimate of drug-likeness (QED) is 0.212. The Bertz CT molecular complexity index is 1310. The maximum atomic E-state index is 13.0. The van der Waals surface area contributed by atoms with Gasteiger partial charge in [-0.2, -0.15) is 0 Å². The minimum absolute atomic E-state index is 0.00599. The van der Waals surface area contributed by atoms with Gasteiger partial charge in [0.15, 0.2) is 5.76 Å². The minimum atomic E-state index is -0.470. The topological polar surface area (TPSA) is 61.8 Å². The van der Waals surface area contributed by atoms with Gasteiger partial charge in [-0.15, -0.1) is 0 Å². The smallest absolute Gasteiger partial charge is 0.343 e. The van der Waals surface area contributed by atoms with Crippen LogP contribution in [0, 0.1) is 6.92 Å². The average Bonchev–Trinajstić information content (AvgIpc) is 3.11. The fourth-order valence-electron chi connectivity index (χ4n) is 3.70. The van der Waals surface area contributed by atoms with E-state index in [-0.39, 0.29) is 17.0 Å². The van der Waals surface area contributed by atoms with E-state index in [0.29, 0.717) is 39.5 Å². The Morgan fingerprint density at radius 1 is 1.00 bits per heavy atom. The van der Waals surface area contributed by atoms with Crippen LogP contribution in [0.5, 0.6) is 17.2 Å². The molecule has 0 unspecified atom stereocenters. The highest BCUT2D eigenvalue weighted by atomic mass is 79.9. The summed E-state index contributed by atoms with van der Waals surface area (Å²) in [6.07, 6.45) is 1.65. The Hall–Kier alpha value is -3.38. The third-order valence-electron chi connectivity index (χ3n) is 5.70. The molecule has 0 spiro atoms. The molecular weight excluding hydrogens is 496 g/mol. The van der Waals surface area contributed by atoms with E-state index in [1.807, 2.05) is 24.3 Å². The van der Waals surface area contributed by atoms with E-state index in [1.54, 1.807) is 50.4 Å². The van der Waals surface area contributed by atoms with Gasteiger partial charge in [0.1, 0.15) is 17.2 Å². The molecule has 0 aromatic heterocycles. The van der Waals surface area contributed by atoms with E-state index in [1.165, 1.54) is 0 Å². The van der Waals surface area contributed by atoms with Crippen LogP contribution >= 0.6 is 15.9 Å². The van der Waals surface area contributed by atoms with Gasteiger partial charge in [-0.1, -0.05) is 48.8 Å². The zero-order chi connectivity index (χ0) is 24.6. The molecule has 1 heterocycles. The number of allylic oxidation sites excluding steroid dienone is 1. The minimum Gasteiger partial charge on any atom is -0.496 e. The maximum absolute atomic E-state index is 13.0. The molecule has 6 heteroatoms. The fourth-order valence-corrected chi connectivity index (χ4v) is 4.08. The number of ketones is 1. The molecule has 174 valence electrons. The third-order valence-corrected chi connectivity index (χ3v) is 6.20. The maximum Gasteiger partial charge on any atom is 0.343 e. The molecule has 0 aliphatic carbocycles. The molecule has 0 fully saturated rings. The van der Waals surface area contributed by atoms with E-state index in [4.69, 9.17) is 14.2 Å². The molecule has 3 aromatic carbocycles. The number of ether oxygens (including phenoxy) is 3. The van der Waals surface area contributed by atoms with E-state index >= 15 is 0 Å². The predicted octanol–water partition coefficient (Wildman–Crippen LogP) is 6.90. The second-order valence-electron chi connectivity index (χ2n) is 9.11. The standard InChI is InChI=1S/C28H25BrO5/c1-16-22(34-27(31)17-6-8-19(9-7-17)28(2,3)4)13-11-21-25(30)24(33-26(16)21)15-18-14-20(29)10-12-23(18)32-5/h6-15H,1-5H3/b24-15-. The molecular formula is C28H25BrO5. The molecule has 34 heavy (non-hydrogen) atoms. The van der Waals surface area contributed by atoms with Crippen LogP contribution in [0.3, 0.4) is 0 Å². The SMILES string of the molecule is COc1ccc(Br)cc1/C=C1\Oc2c(ccc(OC(=O)c3ccc(C(C)(C)C)cc3)c2C)C1=O. The summed E-state index contributed by atoms with van der Waals surface area (Å²) < 4.78 is 17.8. The van der Waals surface area contributed by atoms with Gasteiger partial charge >= 0.3 is 5.97 Å². The molecule has 1 aliphatic rings. The normalized spacial score (nSPS) is 14.1. The Balaban J connectivity index is 1.59. The van der Waals surface area contributed by atoms with Gasteiger partial charge in [-0.3, -0.25) is 4.79 Å². The first-order valence-corrected chi connectivity index (χ1v) is 11.6. The molecule has 0 amide bonds. The summed E-state index contributed by atoms with van der Waals surface area (Å²) in [7, 11) is 1.57. The molecule has 0 N–H and O–H groups in total. The van der Waals surface area contributed by atoms with E-state index in [2.05, 4.69) is 36.7 Å². The Morgan fingerprint density at radius 2 is 1.68 bits per heavy atom. The second kappa shape index (κ2) is 9.11. The van der Waals surface area contributed by atoms with Crippen LogP contribution < -0.4 is 14.2 Å².